The quantitative estimate of drug-likeness (QED) is 0.537. The fourth-order valence-corrected chi connectivity index (χ4v) is 5.73. The number of benzene rings is 2. The van der Waals surface area contributed by atoms with Gasteiger partial charge in [0.2, 0.25) is 0 Å². The number of hydrogen-bond donors (Lipinski definition) is 0. The predicted molar refractivity (Wildman–Crippen MR) is 119 cm³/mol. The largest absolute Gasteiger partial charge is 0.486 e. The topological polar surface area (TPSA) is 69.0 Å². The minimum atomic E-state index is -0.521. The van der Waals surface area contributed by atoms with Gasteiger partial charge in [0.05, 0.1) is 11.4 Å². The zero-order valence-corrected chi connectivity index (χ0v) is 18.4. The van der Waals surface area contributed by atoms with E-state index in [2.05, 4.69) is 6.07 Å². The molecular weight excluding hydrogens is 425 g/mol. The Labute approximate surface area is 189 Å². The lowest BCUT2D eigenvalue weighted by Gasteiger charge is -2.46. The SMILES string of the molecule is CC1c2cc3c(cc2C2(CCCC2)CN1C(=O)c1cc(=O)c2ccc(F)cc2o1)OCCO3. The summed E-state index contributed by atoms with van der Waals surface area (Å²) in [5.74, 6) is 0.506. The third-order valence-corrected chi connectivity index (χ3v) is 7.40. The normalized spacial score (nSPS) is 20.8. The van der Waals surface area contributed by atoms with Crippen LogP contribution in [-0.2, 0) is 5.41 Å². The van der Waals surface area contributed by atoms with E-state index in [9.17, 15) is 14.0 Å². The van der Waals surface area contributed by atoms with Gasteiger partial charge in [-0.2, -0.15) is 0 Å². The van der Waals surface area contributed by atoms with Gasteiger partial charge in [-0.1, -0.05) is 12.8 Å². The van der Waals surface area contributed by atoms with Crippen LogP contribution in [0.5, 0.6) is 11.5 Å². The Hall–Kier alpha value is -3.35. The molecule has 1 saturated carbocycles. The van der Waals surface area contributed by atoms with Gasteiger partial charge < -0.3 is 18.8 Å². The molecular formula is C26H24FNO5. The molecule has 1 spiro atoms. The van der Waals surface area contributed by atoms with E-state index in [-0.39, 0.29) is 39.5 Å². The standard InChI is InChI=1S/C26H24FNO5/c1-15-18-11-22-23(32-9-8-31-22)12-19(18)26(6-2-3-7-26)14-28(15)25(30)24-13-20(29)17-5-4-16(27)10-21(17)33-24/h4-5,10-13,15H,2-3,6-9,14H2,1H3. The van der Waals surface area contributed by atoms with Crippen LogP contribution in [0.25, 0.3) is 11.0 Å². The summed E-state index contributed by atoms with van der Waals surface area (Å²) in [6.07, 6.45) is 4.13. The maximum Gasteiger partial charge on any atom is 0.290 e. The molecule has 0 radical (unpaired) electrons. The van der Waals surface area contributed by atoms with Crippen molar-refractivity contribution < 1.29 is 23.1 Å². The van der Waals surface area contributed by atoms with Crippen molar-refractivity contribution >= 4 is 16.9 Å². The average Bonchev–Trinajstić information content (AvgIpc) is 3.29. The maximum atomic E-state index is 13.7. The zero-order valence-electron chi connectivity index (χ0n) is 18.4. The van der Waals surface area contributed by atoms with E-state index in [1.165, 1.54) is 23.8 Å². The number of fused-ring (bicyclic) bond motifs is 4. The van der Waals surface area contributed by atoms with E-state index in [1.807, 2.05) is 13.0 Å². The first-order valence-electron chi connectivity index (χ1n) is 11.4. The van der Waals surface area contributed by atoms with E-state index >= 15 is 0 Å². The molecule has 2 aromatic carbocycles. The second-order valence-electron chi connectivity index (χ2n) is 9.29. The van der Waals surface area contributed by atoms with Crippen molar-refractivity contribution in [3.63, 3.8) is 0 Å². The Kier molecular flexibility index (Phi) is 4.50. The number of nitrogens with zero attached hydrogens (tertiary/aromatic N) is 1. The lowest BCUT2D eigenvalue weighted by molar-refractivity contribution is 0.0561. The number of hydrogen-bond acceptors (Lipinski definition) is 5. The lowest BCUT2D eigenvalue weighted by Crippen LogP contribution is -2.48. The van der Waals surface area contributed by atoms with Crippen molar-refractivity contribution in [2.24, 2.45) is 0 Å². The first kappa shape index (κ1) is 20.3. The second-order valence-corrected chi connectivity index (χ2v) is 9.29. The van der Waals surface area contributed by atoms with Gasteiger partial charge in [0.1, 0.15) is 24.6 Å². The molecule has 7 heteroatoms. The van der Waals surface area contributed by atoms with Crippen LogP contribution in [-0.4, -0.2) is 30.6 Å². The molecule has 6 rings (SSSR count). The van der Waals surface area contributed by atoms with Crippen LogP contribution < -0.4 is 14.9 Å². The molecule has 3 aliphatic rings. The molecule has 1 aromatic heterocycles. The van der Waals surface area contributed by atoms with Crippen molar-refractivity contribution in [2.75, 3.05) is 19.8 Å². The van der Waals surface area contributed by atoms with Gasteiger partial charge in [-0.15, -0.1) is 0 Å². The van der Waals surface area contributed by atoms with Crippen LogP contribution in [0, 0.1) is 5.82 Å². The second kappa shape index (κ2) is 7.33. The van der Waals surface area contributed by atoms with Gasteiger partial charge in [-0.25, -0.2) is 4.39 Å². The number of ether oxygens (including phenoxy) is 2. The van der Waals surface area contributed by atoms with Crippen molar-refractivity contribution in [3.8, 4) is 11.5 Å². The van der Waals surface area contributed by atoms with Crippen molar-refractivity contribution in [1.29, 1.82) is 0 Å². The van der Waals surface area contributed by atoms with E-state index in [1.54, 1.807) is 4.90 Å². The summed E-state index contributed by atoms with van der Waals surface area (Å²) >= 11 is 0. The third-order valence-electron chi connectivity index (χ3n) is 7.40. The molecule has 1 atom stereocenters. The molecule has 170 valence electrons. The molecule has 2 aliphatic heterocycles. The highest BCUT2D eigenvalue weighted by Crippen LogP contribution is 2.52. The Balaban J connectivity index is 1.45. The van der Waals surface area contributed by atoms with Crippen LogP contribution in [0.15, 0.2) is 45.6 Å². The van der Waals surface area contributed by atoms with E-state index in [4.69, 9.17) is 13.9 Å². The molecule has 33 heavy (non-hydrogen) atoms. The van der Waals surface area contributed by atoms with Crippen molar-refractivity contribution in [1.82, 2.24) is 4.90 Å². The Morgan fingerprint density at radius 1 is 1.06 bits per heavy atom. The summed E-state index contributed by atoms with van der Waals surface area (Å²) in [6.45, 7) is 3.53. The van der Waals surface area contributed by atoms with Gasteiger partial charge in [0, 0.05) is 24.1 Å². The fraction of sp³-hybridized carbons (Fsp3) is 0.385. The molecule has 0 saturated heterocycles. The Morgan fingerprint density at radius 2 is 1.79 bits per heavy atom. The summed E-state index contributed by atoms with van der Waals surface area (Å²) in [5, 5.41) is 0.251. The molecule has 1 amide bonds. The number of halogens is 1. The summed E-state index contributed by atoms with van der Waals surface area (Å²) in [4.78, 5) is 28.1. The molecule has 6 nitrogen and oxygen atoms in total. The first-order chi connectivity index (χ1) is 15.9. The average molecular weight is 449 g/mol. The molecule has 0 bridgehead atoms. The van der Waals surface area contributed by atoms with Crippen LogP contribution in [0.2, 0.25) is 0 Å². The smallest absolute Gasteiger partial charge is 0.290 e. The van der Waals surface area contributed by atoms with Gasteiger partial charge in [0.25, 0.3) is 5.91 Å². The molecule has 1 aliphatic carbocycles. The summed E-state index contributed by atoms with van der Waals surface area (Å²) in [5.41, 5.74) is 1.81. The minimum absolute atomic E-state index is 0.0703. The van der Waals surface area contributed by atoms with Crippen molar-refractivity contribution in [3.05, 3.63) is 69.3 Å². The Morgan fingerprint density at radius 3 is 2.55 bits per heavy atom. The monoisotopic (exact) mass is 449 g/mol. The van der Waals surface area contributed by atoms with Gasteiger partial charge in [-0.05, 0) is 55.2 Å². The number of carbonyl (C=O) groups excluding carboxylic acids is 1. The highest BCUT2D eigenvalue weighted by molar-refractivity contribution is 5.94. The molecule has 1 fully saturated rings. The van der Waals surface area contributed by atoms with E-state index in [0.29, 0.717) is 25.5 Å². The van der Waals surface area contributed by atoms with Crippen LogP contribution in [0.4, 0.5) is 4.39 Å². The van der Waals surface area contributed by atoms with Crippen molar-refractivity contribution in [2.45, 2.75) is 44.1 Å². The fourth-order valence-electron chi connectivity index (χ4n) is 5.73. The molecule has 1 unspecified atom stereocenters. The summed E-state index contributed by atoms with van der Waals surface area (Å²) in [7, 11) is 0. The summed E-state index contributed by atoms with van der Waals surface area (Å²) in [6, 6.07) is 8.81. The predicted octanol–water partition coefficient (Wildman–Crippen LogP) is 4.73. The number of rotatable bonds is 1. The minimum Gasteiger partial charge on any atom is -0.486 e. The van der Waals surface area contributed by atoms with Crippen LogP contribution >= 0.6 is 0 Å². The van der Waals surface area contributed by atoms with E-state index in [0.717, 1.165) is 43.1 Å². The van der Waals surface area contributed by atoms with E-state index < -0.39 is 5.82 Å². The summed E-state index contributed by atoms with van der Waals surface area (Å²) < 4.78 is 31.2. The molecule has 3 aromatic rings. The maximum absolute atomic E-state index is 13.7. The molecule has 3 heterocycles. The van der Waals surface area contributed by atoms with Crippen LogP contribution in [0.3, 0.4) is 0 Å². The highest BCUT2D eigenvalue weighted by Gasteiger charge is 2.47. The Bertz CT molecular complexity index is 1340. The zero-order chi connectivity index (χ0) is 22.7. The third kappa shape index (κ3) is 3.13. The number of amides is 1. The van der Waals surface area contributed by atoms with Gasteiger partial charge >= 0.3 is 0 Å². The van der Waals surface area contributed by atoms with Crippen LogP contribution in [0.1, 0.15) is 60.3 Å². The first-order valence-corrected chi connectivity index (χ1v) is 11.4. The molecule has 0 N–H and O–H groups in total. The lowest BCUT2D eigenvalue weighted by atomic mass is 9.71. The van der Waals surface area contributed by atoms with Gasteiger partial charge in [-0.3, -0.25) is 9.59 Å². The highest BCUT2D eigenvalue weighted by atomic mass is 19.1. The number of carbonyl (C=O) groups is 1. The van der Waals surface area contributed by atoms with Gasteiger partial charge in [0.15, 0.2) is 22.7 Å².